The lowest BCUT2D eigenvalue weighted by Gasteiger charge is -2.14. The summed E-state index contributed by atoms with van der Waals surface area (Å²) < 4.78 is 118. The second-order valence-corrected chi connectivity index (χ2v) is 22.6. The van der Waals surface area contributed by atoms with Gasteiger partial charge in [-0.25, -0.2) is 15.8 Å². The van der Waals surface area contributed by atoms with Gasteiger partial charge < -0.3 is 21.1 Å². The maximum Gasteiger partial charge on any atom is 0.296 e. The first-order chi connectivity index (χ1) is 37.9. The molecule has 37 heteroatoms. The van der Waals surface area contributed by atoms with Crippen molar-refractivity contribution in [2.45, 2.75) is 36.3 Å². The lowest BCUT2D eigenvalue weighted by atomic mass is 10.0. The molecule has 0 aromatic heterocycles. The Bertz CT molecular complexity index is 4300. The molecule has 0 fully saturated rings. The average molecular weight is 1240 g/mol. The fraction of sp³-hybridized carbons (Fsp3) is 0.0233. The van der Waals surface area contributed by atoms with Gasteiger partial charge in [0.15, 0.2) is 17.2 Å². The molecule has 0 bridgehead atoms. The van der Waals surface area contributed by atoms with E-state index >= 15 is 0 Å². The van der Waals surface area contributed by atoms with Crippen molar-refractivity contribution < 1.29 is 98.1 Å². The molecule has 8 rings (SSSR count). The van der Waals surface area contributed by atoms with Gasteiger partial charge in [0.25, 0.3) is 30.4 Å². The van der Waals surface area contributed by atoms with Crippen LogP contribution in [0.3, 0.4) is 0 Å². The van der Waals surface area contributed by atoms with Crippen molar-refractivity contribution in [2.24, 2.45) is 40.9 Å². The van der Waals surface area contributed by atoms with E-state index in [-0.39, 0.29) is 93.5 Å². The largest absolute Gasteiger partial charge is 0.505 e. The van der Waals surface area contributed by atoms with Crippen LogP contribution in [0.4, 0.5) is 51.2 Å². The Labute approximate surface area is 464 Å². The molecule has 30 nitrogen and oxygen atoms in total. The zero-order chi connectivity index (χ0) is 57.8. The molecule has 416 valence electrons. The molecule has 8 aromatic rings. The van der Waals surface area contributed by atoms with Crippen molar-refractivity contribution in [3.63, 3.8) is 0 Å². The number of hydrogen-bond acceptors (Lipinski definition) is 30. The normalized spacial score (nSPS) is 12.8. The molecule has 0 aliphatic heterocycles. The van der Waals surface area contributed by atoms with Crippen molar-refractivity contribution in [1.82, 2.24) is 0 Å². The SMILES string of the molecule is Cc1ccc(N=Nc2c(S(=O)(=O)O)cc3cc(N=Nc4c(S(=O)(=O)O)cc5cc(SOOO)c(N=Nc6ccc7cc(SOOO)c(N=Nc8cc(SOOO)ccc8Cl)c(O)c7c6)c(N)c5c4O)ccc3c2O)cc1S(=O)(=O)O. The predicted octanol–water partition coefficient (Wildman–Crippen LogP) is 13.5. The van der Waals surface area contributed by atoms with Crippen molar-refractivity contribution in [3.05, 3.63) is 108 Å². The van der Waals surface area contributed by atoms with E-state index in [4.69, 9.17) is 33.1 Å². The second kappa shape index (κ2) is 24.3. The van der Waals surface area contributed by atoms with E-state index < -0.39 is 79.4 Å². The van der Waals surface area contributed by atoms with Gasteiger partial charge in [-0.1, -0.05) is 38.8 Å². The topological polar surface area (TPSA) is 465 Å². The third-order valence-corrected chi connectivity index (χ3v) is 15.7. The molecule has 0 saturated carbocycles. The van der Waals surface area contributed by atoms with E-state index in [1.807, 2.05) is 0 Å². The first-order valence-electron chi connectivity index (χ1n) is 21.1. The second-order valence-electron chi connectivity index (χ2n) is 15.7. The number of anilines is 1. The molecule has 0 aliphatic carbocycles. The van der Waals surface area contributed by atoms with Gasteiger partial charge in [-0.2, -0.15) is 40.6 Å². The Balaban J connectivity index is 1.19. The minimum absolute atomic E-state index is 0.0206. The minimum Gasteiger partial charge on any atom is -0.505 e. The number of fused-ring (bicyclic) bond motifs is 3. The van der Waals surface area contributed by atoms with Gasteiger partial charge in [0.1, 0.15) is 38.2 Å². The molecule has 8 aromatic carbocycles. The number of rotatable bonds is 20. The maximum absolute atomic E-state index is 12.8. The molecular formula is C43H30ClN9O21S6. The number of nitrogen functional groups attached to an aromatic ring is 1. The van der Waals surface area contributed by atoms with Crippen molar-refractivity contribution in [3.8, 4) is 17.2 Å². The highest BCUT2D eigenvalue weighted by atomic mass is 35.5. The summed E-state index contributed by atoms with van der Waals surface area (Å²) in [5.41, 5.74) is 3.70. The van der Waals surface area contributed by atoms with Crippen LogP contribution >= 0.6 is 47.7 Å². The number of aryl methyl sites for hydroxylation is 1. The van der Waals surface area contributed by atoms with E-state index in [2.05, 4.69) is 69.0 Å². The van der Waals surface area contributed by atoms with Crippen LogP contribution in [-0.4, -0.2) is 70.0 Å². The number of hydrogen-bond donors (Lipinski definition) is 10. The van der Waals surface area contributed by atoms with Crippen LogP contribution in [0, 0.1) is 6.92 Å². The first kappa shape index (κ1) is 59.0. The van der Waals surface area contributed by atoms with Gasteiger partial charge in [-0.3, -0.25) is 13.7 Å². The van der Waals surface area contributed by atoms with Gasteiger partial charge >= 0.3 is 0 Å². The number of halogens is 1. The number of aromatic hydroxyl groups is 3. The molecule has 0 saturated heterocycles. The first-order valence-corrected chi connectivity index (χ1v) is 28.0. The molecule has 0 unspecified atom stereocenters. The summed E-state index contributed by atoms with van der Waals surface area (Å²) in [7, 11) is -15.2. The third kappa shape index (κ3) is 13.0. The summed E-state index contributed by atoms with van der Waals surface area (Å²) in [4.78, 5) is -2.27. The predicted molar refractivity (Wildman–Crippen MR) is 282 cm³/mol. The van der Waals surface area contributed by atoms with Crippen LogP contribution < -0.4 is 5.73 Å². The number of benzene rings is 8. The zero-order valence-corrected chi connectivity index (χ0v) is 44.8. The van der Waals surface area contributed by atoms with Crippen LogP contribution in [0.25, 0.3) is 32.3 Å². The van der Waals surface area contributed by atoms with E-state index in [0.29, 0.717) is 34.4 Å². The summed E-state index contributed by atoms with van der Waals surface area (Å²) >= 11 is 7.63. The number of nitrogens with two attached hydrogens (primary N) is 1. The summed E-state index contributed by atoms with van der Waals surface area (Å²) in [6, 6.07) is 19.8. The molecule has 0 radical (unpaired) electrons. The van der Waals surface area contributed by atoms with Gasteiger partial charge in [0, 0.05) is 15.7 Å². The van der Waals surface area contributed by atoms with Crippen molar-refractivity contribution >= 4 is 162 Å². The minimum atomic E-state index is -5.28. The highest BCUT2D eigenvalue weighted by Gasteiger charge is 2.27. The fourth-order valence-electron chi connectivity index (χ4n) is 7.35. The van der Waals surface area contributed by atoms with E-state index in [0.717, 1.165) is 30.3 Å². The van der Waals surface area contributed by atoms with Crippen LogP contribution in [0.15, 0.2) is 167 Å². The van der Waals surface area contributed by atoms with Crippen LogP contribution in [0.2, 0.25) is 5.02 Å². The quantitative estimate of drug-likeness (QED) is 0.00846. The van der Waals surface area contributed by atoms with E-state index in [1.165, 1.54) is 73.7 Å². The Morgan fingerprint density at radius 2 is 0.975 bits per heavy atom. The van der Waals surface area contributed by atoms with Gasteiger partial charge in [-0.15, -0.1) is 38.6 Å². The Morgan fingerprint density at radius 1 is 0.475 bits per heavy atom. The standard InChI is InChI=1S/C43H30ClN9O21S6/c1-18-2-4-24(16-32(18)78(60,61)62)48-52-39-33(79(63,64)65)13-20-10-22(6-8-26(20)41(39)54)46-53-40-34(80(66,67)68)14-21-12-30(76-73-70-58)37(36(45)35(21)43(40)56)50-47-23-5-3-19-11-31(77-74-71-59)38(42(55)27(19)15-23)51-49-29-17-25(75-72-69-57)7-9-28(29)44/h2-17,54-59H,45H2,1H3,(H,60,61,62)(H,63,64,65)(H,66,67,68). The number of phenols is 3. The Morgan fingerprint density at radius 3 is 1.60 bits per heavy atom. The monoisotopic (exact) mass is 1230 g/mol. The zero-order valence-electron chi connectivity index (χ0n) is 39.1. The fourth-order valence-corrected chi connectivity index (χ4v) is 11.0. The maximum atomic E-state index is 12.8. The Kier molecular flexibility index (Phi) is 17.9. The highest BCUT2D eigenvalue weighted by molar-refractivity contribution is 7.95. The summed E-state index contributed by atoms with van der Waals surface area (Å²) in [6.07, 6.45) is 0. The van der Waals surface area contributed by atoms with E-state index in [1.54, 1.807) is 0 Å². The molecular weight excluding hydrogens is 1210 g/mol. The van der Waals surface area contributed by atoms with Gasteiger partial charge in [0.2, 0.25) is 0 Å². The van der Waals surface area contributed by atoms with Crippen molar-refractivity contribution in [1.29, 1.82) is 0 Å². The molecule has 80 heavy (non-hydrogen) atoms. The smallest absolute Gasteiger partial charge is 0.296 e. The lowest BCUT2D eigenvalue weighted by Crippen LogP contribution is -2.00. The Hall–Kier alpha value is -7.15. The summed E-state index contributed by atoms with van der Waals surface area (Å²) in [6.45, 7) is 1.38. The number of phenolic OH excluding ortho intramolecular Hbond substituents is 3. The van der Waals surface area contributed by atoms with E-state index in [9.17, 15) is 54.2 Å². The highest BCUT2D eigenvalue weighted by Crippen LogP contribution is 2.51. The summed E-state index contributed by atoms with van der Waals surface area (Å²) in [5.74, 6) is -2.37. The van der Waals surface area contributed by atoms with Crippen LogP contribution in [0.5, 0.6) is 17.2 Å². The average Bonchev–Trinajstić information content (AvgIpc) is 3.58. The number of azo groups is 4. The molecule has 0 amide bonds. The molecule has 0 aliphatic rings. The molecule has 0 atom stereocenters. The van der Waals surface area contributed by atoms with Gasteiger partial charge in [0.05, 0.1) is 84.0 Å². The van der Waals surface area contributed by atoms with Crippen LogP contribution in [-0.2, 0) is 58.5 Å². The third-order valence-electron chi connectivity index (χ3n) is 10.8. The van der Waals surface area contributed by atoms with Crippen molar-refractivity contribution in [2.75, 3.05) is 5.73 Å². The molecule has 0 spiro atoms. The molecule has 0 heterocycles. The van der Waals surface area contributed by atoms with Crippen LogP contribution in [0.1, 0.15) is 5.56 Å². The van der Waals surface area contributed by atoms with Gasteiger partial charge in [-0.05, 0) is 114 Å². The number of nitrogens with zero attached hydrogens (tertiary/aromatic N) is 8. The lowest BCUT2D eigenvalue weighted by molar-refractivity contribution is -0.432. The molecule has 11 N–H and O–H groups in total. The summed E-state index contributed by atoms with van der Waals surface area (Å²) in [5, 5.41) is 104.